The zero-order valence-corrected chi connectivity index (χ0v) is 9.21. The van der Waals surface area contributed by atoms with E-state index in [2.05, 4.69) is 15.3 Å². The molecule has 78 valence electrons. The highest BCUT2D eigenvalue weighted by molar-refractivity contribution is 7.09. The van der Waals surface area contributed by atoms with E-state index in [9.17, 15) is 0 Å². The summed E-state index contributed by atoms with van der Waals surface area (Å²) in [5.41, 5.74) is 7.40. The Hall–Kier alpha value is -1.62. The maximum absolute atomic E-state index is 5.79. The molecular formula is C10H12N4S. The first kappa shape index (κ1) is 9.92. The quantitative estimate of drug-likeness (QED) is 0.830. The fraction of sp³-hybridized carbons (Fsp3) is 0.200. The Labute approximate surface area is 92.2 Å². The van der Waals surface area contributed by atoms with Gasteiger partial charge in [0.2, 0.25) is 0 Å². The van der Waals surface area contributed by atoms with Gasteiger partial charge in [0.05, 0.1) is 12.2 Å². The van der Waals surface area contributed by atoms with Crippen molar-refractivity contribution < 1.29 is 0 Å². The summed E-state index contributed by atoms with van der Waals surface area (Å²) < 4.78 is 0. The number of rotatable bonds is 3. The number of aryl methyl sites for hydroxylation is 1. The van der Waals surface area contributed by atoms with E-state index in [0.717, 1.165) is 16.5 Å². The molecule has 3 N–H and O–H groups in total. The number of thiazole rings is 1. The Morgan fingerprint density at radius 3 is 3.07 bits per heavy atom. The molecule has 0 saturated carbocycles. The number of nitrogen functional groups attached to an aromatic ring is 1. The first-order valence-electron chi connectivity index (χ1n) is 4.61. The summed E-state index contributed by atoms with van der Waals surface area (Å²) in [5.74, 6) is 0.727. The molecule has 15 heavy (non-hydrogen) atoms. The van der Waals surface area contributed by atoms with Crippen LogP contribution in [-0.2, 0) is 6.54 Å². The lowest BCUT2D eigenvalue weighted by Gasteiger charge is -2.07. The molecule has 0 fully saturated rings. The Morgan fingerprint density at radius 1 is 1.47 bits per heavy atom. The molecule has 2 rings (SSSR count). The molecule has 0 aliphatic carbocycles. The van der Waals surface area contributed by atoms with Crippen LogP contribution in [0.2, 0.25) is 0 Å². The van der Waals surface area contributed by atoms with E-state index in [4.69, 9.17) is 5.73 Å². The molecule has 0 radical (unpaired) electrons. The number of hydrogen-bond acceptors (Lipinski definition) is 5. The molecule has 0 spiro atoms. The topological polar surface area (TPSA) is 63.8 Å². The number of hydrogen-bond donors (Lipinski definition) is 2. The van der Waals surface area contributed by atoms with Gasteiger partial charge in [-0.15, -0.1) is 11.3 Å². The first-order valence-corrected chi connectivity index (χ1v) is 5.49. The summed E-state index contributed by atoms with van der Waals surface area (Å²) >= 11 is 1.61. The fourth-order valence-corrected chi connectivity index (χ4v) is 1.76. The van der Waals surface area contributed by atoms with E-state index in [1.807, 2.05) is 24.4 Å². The highest BCUT2D eigenvalue weighted by Gasteiger charge is 2.01. The minimum atomic E-state index is 0.664. The highest BCUT2D eigenvalue weighted by Crippen LogP contribution is 2.16. The van der Waals surface area contributed by atoms with E-state index < -0.39 is 0 Å². The van der Waals surface area contributed by atoms with Crippen LogP contribution < -0.4 is 11.1 Å². The van der Waals surface area contributed by atoms with E-state index in [1.165, 1.54) is 0 Å². The molecule has 0 aliphatic heterocycles. The largest absolute Gasteiger partial charge is 0.396 e. The lowest BCUT2D eigenvalue weighted by atomic mass is 10.3. The SMILES string of the molecule is Cc1ccc(N)c(NCc2nccs2)n1. The van der Waals surface area contributed by atoms with Crippen molar-refractivity contribution in [3.05, 3.63) is 34.4 Å². The van der Waals surface area contributed by atoms with Crippen LogP contribution in [0.3, 0.4) is 0 Å². The second-order valence-corrected chi connectivity index (χ2v) is 4.15. The average molecular weight is 220 g/mol. The third kappa shape index (κ3) is 2.44. The Kier molecular flexibility index (Phi) is 2.82. The fourth-order valence-electron chi connectivity index (χ4n) is 1.21. The normalized spacial score (nSPS) is 10.2. The third-order valence-electron chi connectivity index (χ3n) is 1.96. The monoisotopic (exact) mass is 220 g/mol. The number of pyridine rings is 1. The van der Waals surface area contributed by atoms with E-state index in [-0.39, 0.29) is 0 Å². The molecule has 0 bridgehead atoms. The Bertz CT molecular complexity index is 439. The zero-order valence-electron chi connectivity index (χ0n) is 8.40. The summed E-state index contributed by atoms with van der Waals surface area (Å²) in [6.45, 7) is 2.60. The van der Waals surface area contributed by atoms with Crippen molar-refractivity contribution >= 4 is 22.8 Å². The number of nitrogens with two attached hydrogens (primary N) is 1. The van der Waals surface area contributed by atoms with Crippen molar-refractivity contribution in [1.82, 2.24) is 9.97 Å². The summed E-state index contributed by atoms with van der Waals surface area (Å²) in [5, 5.41) is 6.14. The molecule has 0 amide bonds. The molecular weight excluding hydrogens is 208 g/mol. The van der Waals surface area contributed by atoms with Crippen LogP contribution in [0.15, 0.2) is 23.7 Å². The number of nitrogens with zero attached hydrogens (tertiary/aromatic N) is 2. The van der Waals surface area contributed by atoms with Gasteiger partial charge in [0, 0.05) is 17.3 Å². The van der Waals surface area contributed by atoms with Gasteiger partial charge >= 0.3 is 0 Å². The number of aromatic nitrogens is 2. The number of nitrogens with one attached hydrogen (secondary N) is 1. The van der Waals surface area contributed by atoms with Crippen molar-refractivity contribution in [2.24, 2.45) is 0 Å². The Balaban J connectivity index is 2.07. The summed E-state index contributed by atoms with van der Waals surface area (Å²) in [6.07, 6.45) is 1.79. The second-order valence-electron chi connectivity index (χ2n) is 3.17. The van der Waals surface area contributed by atoms with Gasteiger partial charge in [-0.25, -0.2) is 9.97 Å². The van der Waals surface area contributed by atoms with Crippen LogP contribution in [-0.4, -0.2) is 9.97 Å². The highest BCUT2D eigenvalue weighted by atomic mass is 32.1. The molecule has 4 nitrogen and oxygen atoms in total. The zero-order chi connectivity index (χ0) is 10.7. The summed E-state index contributed by atoms with van der Waals surface area (Å²) in [4.78, 5) is 8.48. The predicted molar refractivity (Wildman–Crippen MR) is 62.8 cm³/mol. The molecule has 0 saturated heterocycles. The van der Waals surface area contributed by atoms with Gasteiger partial charge in [-0.2, -0.15) is 0 Å². The maximum atomic E-state index is 5.79. The minimum absolute atomic E-state index is 0.664. The van der Waals surface area contributed by atoms with Gasteiger partial charge in [-0.05, 0) is 19.1 Å². The van der Waals surface area contributed by atoms with Crippen LogP contribution in [0, 0.1) is 6.92 Å². The van der Waals surface area contributed by atoms with Crippen LogP contribution in [0.4, 0.5) is 11.5 Å². The van der Waals surface area contributed by atoms with Crippen LogP contribution in [0.1, 0.15) is 10.7 Å². The van der Waals surface area contributed by atoms with Gasteiger partial charge in [0.25, 0.3) is 0 Å². The molecule has 0 unspecified atom stereocenters. The van der Waals surface area contributed by atoms with Crippen LogP contribution in [0.25, 0.3) is 0 Å². The van der Waals surface area contributed by atoms with Crippen LogP contribution >= 0.6 is 11.3 Å². The van der Waals surface area contributed by atoms with Crippen molar-refractivity contribution in [3.8, 4) is 0 Å². The lowest BCUT2D eigenvalue weighted by molar-refractivity contribution is 1.07. The molecule has 2 aromatic heterocycles. The van der Waals surface area contributed by atoms with Crippen molar-refractivity contribution in [2.75, 3.05) is 11.1 Å². The smallest absolute Gasteiger partial charge is 0.149 e. The van der Waals surface area contributed by atoms with Crippen molar-refractivity contribution in [3.63, 3.8) is 0 Å². The molecule has 0 atom stereocenters. The van der Waals surface area contributed by atoms with Gasteiger partial charge in [-0.3, -0.25) is 0 Å². The van der Waals surface area contributed by atoms with Gasteiger partial charge in [-0.1, -0.05) is 0 Å². The van der Waals surface area contributed by atoms with E-state index in [0.29, 0.717) is 12.2 Å². The molecule has 2 aromatic rings. The lowest BCUT2D eigenvalue weighted by Crippen LogP contribution is -2.04. The maximum Gasteiger partial charge on any atom is 0.149 e. The van der Waals surface area contributed by atoms with Crippen LogP contribution in [0.5, 0.6) is 0 Å². The molecule has 0 aromatic carbocycles. The number of anilines is 2. The third-order valence-corrected chi connectivity index (χ3v) is 2.74. The van der Waals surface area contributed by atoms with Gasteiger partial charge in [0.1, 0.15) is 10.8 Å². The summed E-state index contributed by atoms with van der Waals surface area (Å²) in [7, 11) is 0. The summed E-state index contributed by atoms with van der Waals surface area (Å²) in [6, 6.07) is 3.75. The Morgan fingerprint density at radius 2 is 2.33 bits per heavy atom. The molecule has 2 heterocycles. The van der Waals surface area contributed by atoms with Crippen molar-refractivity contribution in [2.45, 2.75) is 13.5 Å². The van der Waals surface area contributed by atoms with Crippen molar-refractivity contribution in [1.29, 1.82) is 0 Å². The van der Waals surface area contributed by atoms with Gasteiger partial charge < -0.3 is 11.1 Å². The standard InChI is InChI=1S/C10H12N4S/c1-7-2-3-8(11)10(14-7)13-6-9-12-4-5-15-9/h2-5H,6,11H2,1H3,(H,13,14). The van der Waals surface area contributed by atoms with E-state index in [1.54, 1.807) is 17.5 Å². The second kappa shape index (κ2) is 4.27. The molecule has 5 heteroatoms. The van der Waals surface area contributed by atoms with E-state index >= 15 is 0 Å². The minimum Gasteiger partial charge on any atom is -0.396 e. The van der Waals surface area contributed by atoms with Gasteiger partial charge in [0.15, 0.2) is 0 Å². The predicted octanol–water partition coefficient (Wildman–Crippen LogP) is 2.04. The first-order chi connectivity index (χ1) is 7.25. The molecule has 0 aliphatic rings. The average Bonchev–Trinajstić information content (AvgIpc) is 2.72.